The molecule has 0 aliphatic heterocycles. The number of phenolic OH excluding ortho intramolecular Hbond substituents is 1. The number of carbonyl (C=O) groups excluding carboxylic acids is 1. The van der Waals surface area contributed by atoms with Crippen LogP contribution < -0.4 is 5.32 Å². The van der Waals surface area contributed by atoms with Gasteiger partial charge in [0.05, 0.1) is 5.02 Å². The largest absolute Gasteiger partial charge is 0.506 e. The zero-order valence-corrected chi connectivity index (χ0v) is 10.9. The molecule has 4 N–H and O–H groups in total. The Kier molecular flexibility index (Phi) is 5.33. The van der Waals surface area contributed by atoms with E-state index >= 15 is 0 Å². The summed E-state index contributed by atoms with van der Waals surface area (Å²) in [6, 6.07) is 2.34. The SMILES string of the molecule is O=C(O)CCC(NC(=O)c1ccc(O)c(Cl)c1)C(=O)O. The van der Waals surface area contributed by atoms with E-state index in [9.17, 15) is 19.5 Å². The van der Waals surface area contributed by atoms with Crippen LogP contribution in [0, 0.1) is 0 Å². The van der Waals surface area contributed by atoms with Crippen LogP contribution in [0.25, 0.3) is 0 Å². The van der Waals surface area contributed by atoms with Gasteiger partial charge in [-0.25, -0.2) is 4.79 Å². The average Bonchev–Trinajstić information content (AvgIpc) is 2.36. The fourth-order valence-electron chi connectivity index (χ4n) is 1.41. The summed E-state index contributed by atoms with van der Waals surface area (Å²) in [4.78, 5) is 33.1. The van der Waals surface area contributed by atoms with Gasteiger partial charge < -0.3 is 20.6 Å². The number of amides is 1. The predicted molar refractivity (Wildman–Crippen MR) is 68.9 cm³/mol. The zero-order valence-electron chi connectivity index (χ0n) is 10.2. The molecule has 0 saturated heterocycles. The van der Waals surface area contributed by atoms with Crippen molar-refractivity contribution in [3.63, 3.8) is 0 Å². The van der Waals surface area contributed by atoms with E-state index < -0.39 is 23.9 Å². The van der Waals surface area contributed by atoms with Gasteiger partial charge in [-0.1, -0.05) is 11.6 Å². The average molecular weight is 302 g/mol. The number of carbonyl (C=O) groups is 3. The van der Waals surface area contributed by atoms with Crippen LogP contribution in [-0.4, -0.2) is 39.2 Å². The summed E-state index contributed by atoms with van der Waals surface area (Å²) in [7, 11) is 0. The van der Waals surface area contributed by atoms with Gasteiger partial charge in [0, 0.05) is 12.0 Å². The quantitative estimate of drug-likeness (QED) is 0.623. The smallest absolute Gasteiger partial charge is 0.326 e. The highest BCUT2D eigenvalue weighted by molar-refractivity contribution is 6.32. The molecule has 0 saturated carbocycles. The number of phenols is 1. The number of hydrogen-bond donors (Lipinski definition) is 4. The number of rotatable bonds is 6. The van der Waals surface area contributed by atoms with Gasteiger partial charge in [-0.15, -0.1) is 0 Å². The van der Waals surface area contributed by atoms with Crippen molar-refractivity contribution in [1.82, 2.24) is 5.32 Å². The first kappa shape index (κ1) is 15.8. The molecular formula is C12H12ClNO6. The van der Waals surface area contributed by atoms with Gasteiger partial charge in [0.15, 0.2) is 0 Å². The maximum Gasteiger partial charge on any atom is 0.326 e. The number of benzene rings is 1. The summed E-state index contributed by atoms with van der Waals surface area (Å²) >= 11 is 5.64. The van der Waals surface area contributed by atoms with Crippen LogP contribution in [0.4, 0.5) is 0 Å². The normalized spacial score (nSPS) is 11.7. The van der Waals surface area contributed by atoms with E-state index in [1.807, 2.05) is 0 Å². The van der Waals surface area contributed by atoms with Crippen molar-refractivity contribution in [3.05, 3.63) is 28.8 Å². The molecule has 108 valence electrons. The van der Waals surface area contributed by atoms with Crippen molar-refractivity contribution in [3.8, 4) is 5.75 Å². The number of carboxylic acid groups (broad SMARTS) is 2. The van der Waals surface area contributed by atoms with Crippen LogP contribution in [0.3, 0.4) is 0 Å². The second-order valence-electron chi connectivity index (χ2n) is 3.96. The highest BCUT2D eigenvalue weighted by Gasteiger charge is 2.21. The molecule has 0 fully saturated rings. The first-order valence-corrected chi connectivity index (χ1v) is 5.93. The summed E-state index contributed by atoms with van der Waals surface area (Å²) in [6.07, 6.45) is -0.615. The van der Waals surface area contributed by atoms with E-state index in [2.05, 4.69) is 5.32 Å². The van der Waals surface area contributed by atoms with E-state index in [0.717, 1.165) is 0 Å². The van der Waals surface area contributed by atoms with Gasteiger partial charge >= 0.3 is 11.9 Å². The van der Waals surface area contributed by atoms with Crippen molar-refractivity contribution < 1.29 is 29.7 Å². The Balaban J connectivity index is 2.77. The lowest BCUT2D eigenvalue weighted by atomic mass is 10.1. The van der Waals surface area contributed by atoms with Crippen LogP contribution in [-0.2, 0) is 9.59 Å². The fourth-order valence-corrected chi connectivity index (χ4v) is 1.60. The Morgan fingerprint density at radius 2 is 1.90 bits per heavy atom. The van der Waals surface area contributed by atoms with E-state index in [4.69, 9.17) is 21.8 Å². The molecule has 0 aliphatic carbocycles. The van der Waals surface area contributed by atoms with Crippen LogP contribution >= 0.6 is 11.6 Å². The Morgan fingerprint density at radius 3 is 2.40 bits per heavy atom. The summed E-state index contributed by atoms with van der Waals surface area (Å²) in [5.41, 5.74) is 0.0642. The minimum atomic E-state index is -1.33. The van der Waals surface area contributed by atoms with Gasteiger partial charge in [-0.05, 0) is 24.6 Å². The monoisotopic (exact) mass is 301 g/mol. The lowest BCUT2D eigenvalue weighted by Gasteiger charge is -2.13. The highest BCUT2D eigenvalue weighted by Crippen LogP contribution is 2.23. The molecule has 7 nitrogen and oxygen atoms in total. The van der Waals surface area contributed by atoms with E-state index in [0.29, 0.717) is 0 Å². The van der Waals surface area contributed by atoms with Crippen molar-refractivity contribution >= 4 is 29.4 Å². The molecule has 0 aromatic heterocycles. The molecule has 1 aromatic carbocycles. The molecule has 0 heterocycles. The molecule has 0 aliphatic rings. The summed E-state index contributed by atoms with van der Waals surface area (Å²) in [6.45, 7) is 0. The van der Waals surface area contributed by atoms with Gasteiger partial charge in [-0.2, -0.15) is 0 Å². The first-order valence-electron chi connectivity index (χ1n) is 5.55. The minimum absolute atomic E-state index is 0.0462. The summed E-state index contributed by atoms with van der Waals surface area (Å²) < 4.78 is 0. The Morgan fingerprint density at radius 1 is 1.25 bits per heavy atom. The molecule has 1 rings (SSSR count). The molecule has 20 heavy (non-hydrogen) atoms. The fraction of sp³-hybridized carbons (Fsp3) is 0.250. The number of aliphatic carboxylic acids is 2. The topological polar surface area (TPSA) is 124 Å². The van der Waals surface area contributed by atoms with Gasteiger partial charge in [-0.3, -0.25) is 9.59 Å². The molecule has 0 bridgehead atoms. The molecule has 8 heteroatoms. The summed E-state index contributed by atoms with van der Waals surface area (Å²) in [5, 5.41) is 28.8. The third-order valence-electron chi connectivity index (χ3n) is 2.46. The van der Waals surface area contributed by atoms with E-state index in [1.54, 1.807) is 0 Å². The van der Waals surface area contributed by atoms with Crippen molar-refractivity contribution in [2.75, 3.05) is 0 Å². The minimum Gasteiger partial charge on any atom is -0.506 e. The predicted octanol–water partition coefficient (Wildman–Crippen LogP) is 1.09. The van der Waals surface area contributed by atoms with Gasteiger partial charge in [0.1, 0.15) is 11.8 Å². The highest BCUT2D eigenvalue weighted by atomic mass is 35.5. The number of nitrogens with one attached hydrogen (secondary N) is 1. The zero-order chi connectivity index (χ0) is 15.3. The number of halogens is 1. The van der Waals surface area contributed by atoms with Crippen molar-refractivity contribution in [2.45, 2.75) is 18.9 Å². The van der Waals surface area contributed by atoms with Crippen LogP contribution in [0.15, 0.2) is 18.2 Å². The third-order valence-corrected chi connectivity index (χ3v) is 2.76. The van der Waals surface area contributed by atoms with Crippen LogP contribution in [0.2, 0.25) is 5.02 Å². The molecule has 1 atom stereocenters. The standard InChI is InChI=1S/C12H12ClNO6/c13-7-5-6(1-3-9(7)15)11(18)14-8(12(19)20)2-4-10(16)17/h1,3,5,8,15H,2,4H2,(H,14,18)(H,16,17)(H,19,20). The molecular weight excluding hydrogens is 290 g/mol. The second-order valence-corrected chi connectivity index (χ2v) is 4.37. The Bertz CT molecular complexity index is 545. The number of carboxylic acids is 2. The molecule has 0 radical (unpaired) electrons. The van der Waals surface area contributed by atoms with Crippen molar-refractivity contribution in [2.24, 2.45) is 0 Å². The van der Waals surface area contributed by atoms with Gasteiger partial charge in [0.25, 0.3) is 5.91 Å². The maximum absolute atomic E-state index is 11.8. The Labute approximate surface area is 118 Å². The number of aromatic hydroxyl groups is 1. The number of hydrogen-bond acceptors (Lipinski definition) is 4. The summed E-state index contributed by atoms with van der Waals surface area (Å²) in [5.74, 6) is -3.41. The molecule has 1 unspecified atom stereocenters. The van der Waals surface area contributed by atoms with Crippen LogP contribution in [0.5, 0.6) is 5.75 Å². The van der Waals surface area contributed by atoms with Gasteiger partial charge in [0.2, 0.25) is 0 Å². The van der Waals surface area contributed by atoms with Crippen LogP contribution in [0.1, 0.15) is 23.2 Å². The van der Waals surface area contributed by atoms with E-state index in [1.165, 1.54) is 18.2 Å². The molecule has 0 spiro atoms. The molecule has 1 amide bonds. The first-order chi connectivity index (χ1) is 9.31. The second kappa shape index (κ2) is 6.76. The maximum atomic E-state index is 11.8. The molecule has 1 aromatic rings. The Hall–Kier alpha value is -2.28. The van der Waals surface area contributed by atoms with Crippen molar-refractivity contribution in [1.29, 1.82) is 0 Å². The lowest BCUT2D eigenvalue weighted by molar-refractivity contribution is -0.140. The van der Waals surface area contributed by atoms with E-state index in [-0.39, 0.29) is 29.2 Å². The lowest BCUT2D eigenvalue weighted by Crippen LogP contribution is -2.41. The third kappa shape index (κ3) is 4.43.